The molecule has 2 unspecified atom stereocenters. The fourth-order valence-corrected chi connectivity index (χ4v) is 13.5. The van der Waals surface area contributed by atoms with Crippen molar-refractivity contribution >= 4 is 45.0 Å². The third-order valence-electron chi connectivity index (χ3n) is 15.4. The molecule has 0 amide bonds. The van der Waals surface area contributed by atoms with E-state index in [4.69, 9.17) is 4.42 Å². The zero-order valence-corrected chi connectivity index (χ0v) is 36.2. The van der Waals surface area contributed by atoms with Gasteiger partial charge in [0.15, 0.2) is 0 Å². The molecule has 2 heteroatoms. The molecule has 0 saturated heterocycles. The molecule has 60 heavy (non-hydrogen) atoms. The van der Waals surface area contributed by atoms with Crippen LogP contribution in [0, 0.1) is 53.4 Å². The standard InChI is InChI=1S/C58H55BO/c1-36-24-38(3)55(39(4)25-36)59(56-40(5)26-37(2)27-41(56)6)50-11-9-10-46(29-50)44-14-19-48(20-15-44)57-31-42-28-43(32-57)34-58(33-42,35-57)49-21-16-45(17-22-49)47-18-23-54-52(30-47)51-12-7-8-13-53(51)60-54/h7-27,29-30,42-43H,28,31-35H2,1-6H3. The Hall–Kier alpha value is -5.60. The van der Waals surface area contributed by atoms with Crippen molar-refractivity contribution in [1.29, 1.82) is 0 Å². The molecule has 12 rings (SSSR count). The number of rotatable bonds is 7. The quantitative estimate of drug-likeness (QED) is 0.147. The number of hydrogen-bond acceptors (Lipinski definition) is 1. The minimum atomic E-state index is 0.170. The van der Waals surface area contributed by atoms with Crippen molar-refractivity contribution in [3.63, 3.8) is 0 Å². The molecule has 4 fully saturated rings. The highest BCUT2D eigenvalue weighted by atomic mass is 16.3. The number of furan rings is 1. The lowest BCUT2D eigenvalue weighted by Crippen LogP contribution is -2.56. The molecule has 0 radical (unpaired) electrons. The van der Waals surface area contributed by atoms with Crippen molar-refractivity contribution in [1.82, 2.24) is 0 Å². The molecule has 4 bridgehead atoms. The van der Waals surface area contributed by atoms with Gasteiger partial charge in [-0.2, -0.15) is 0 Å². The Morgan fingerprint density at radius 2 is 0.933 bits per heavy atom. The molecule has 4 saturated carbocycles. The van der Waals surface area contributed by atoms with Gasteiger partial charge in [-0.25, -0.2) is 0 Å². The van der Waals surface area contributed by atoms with Gasteiger partial charge in [-0.15, -0.1) is 0 Å². The molecule has 0 N–H and O–H groups in total. The zero-order chi connectivity index (χ0) is 40.9. The van der Waals surface area contributed by atoms with Gasteiger partial charge in [-0.05, 0) is 154 Å². The van der Waals surface area contributed by atoms with Gasteiger partial charge >= 0.3 is 0 Å². The van der Waals surface area contributed by atoms with Gasteiger partial charge in [0.1, 0.15) is 11.2 Å². The van der Waals surface area contributed by atoms with Crippen LogP contribution in [-0.4, -0.2) is 6.71 Å². The summed E-state index contributed by atoms with van der Waals surface area (Å²) in [6.07, 6.45) is 8.02. The first-order valence-electron chi connectivity index (χ1n) is 22.4. The highest BCUT2D eigenvalue weighted by Gasteiger charge is 2.58. The maximum atomic E-state index is 6.14. The number of para-hydroxylation sites is 1. The minimum Gasteiger partial charge on any atom is -0.456 e. The summed E-state index contributed by atoms with van der Waals surface area (Å²) >= 11 is 0. The maximum absolute atomic E-state index is 6.14. The fourth-order valence-electron chi connectivity index (χ4n) is 13.5. The monoisotopic (exact) mass is 778 g/mol. The second-order valence-electron chi connectivity index (χ2n) is 19.7. The molecule has 4 aliphatic carbocycles. The van der Waals surface area contributed by atoms with Gasteiger partial charge in [0, 0.05) is 10.8 Å². The summed E-state index contributed by atoms with van der Waals surface area (Å²) in [5, 5.41) is 2.38. The van der Waals surface area contributed by atoms with Crippen molar-refractivity contribution < 1.29 is 4.42 Å². The summed E-state index contributed by atoms with van der Waals surface area (Å²) in [4.78, 5) is 0. The molecule has 296 valence electrons. The van der Waals surface area contributed by atoms with Gasteiger partial charge in [0.25, 0.3) is 0 Å². The molecule has 4 aliphatic rings. The zero-order valence-electron chi connectivity index (χ0n) is 36.2. The van der Waals surface area contributed by atoms with Crippen molar-refractivity contribution in [3.05, 3.63) is 184 Å². The summed E-state index contributed by atoms with van der Waals surface area (Å²) in [5.74, 6) is 1.61. The summed E-state index contributed by atoms with van der Waals surface area (Å²) in [7, 11) is 0. The predicted molar refractivity (Wildman–Crippen MR) is 255 cm³/mol. The van der Waals surface area contributed by atoms with E-state index in [1.807, 2.05) is 6.07 Å². The number of fused-ring (bicyclic) bond motifs is 3. The number of benzene rings is 7. The van der Waals surface area contributed by atoms with Crippen molar-refractivity contribution in [2.75, 3.05) is 0 Å². The Morgan fingerprint density at radius 1 is 0.450 bits per heavy atom. The topological polar surface area (TPSA) is 13.1 Å². The van der Waals surface area contributed by atoms with Gasteiger partial charge in [-0.1, -0.05) is 171 Å². The molecule has 2 atom stereocenters. The Bertz CT molecular complexity index is 2840. The van der Waals surface area contributed by atoms with Crippen molar-refractivity contribution in [3.8, 4) is 22.3 Å². The lowest BCUT2D eigenvalue weighted by molar-refractivity contribution is -0.0281. The predicted octanol–water partition coefficient (Wildman–Crippen LogP) is 13.1. The van der Waals surface area contributed by atoms with Gasteiger partial charge in [-0.3, -0.25) is 0 Å². The maximum Gasteiger partial charge on any atom is 0.242 e. The Balaban J connectivity index is 0.904. The number of hydrogen-bond donors (Lipinski definition) is 0. The van der Waals surface area contributed by atoms with Crippen molar-refractivity contribution in [2.24, 2.45) is 11.8 Å². The van der Waals surface area contributed by atoms with Gasteiger partial charge < -0.3 is 4.42 Å². The van der Waals surface area contributed by atoms with E-state index in [1.165, 1.54) is 121 Å². The smallest absolute Gasteiger partial charge is 0.242 e. The SMILES string of the molecule is Cc1cc(C)c(B(c2cccc(-c3ccc(C45CC6CC(C4)CC(c4ccc(-c7ccc8oc9ccccc9c8c7)cc4)(C6)C5)cc3)c2)c2c(C)cc(C)cc2C)c(C)c1. The normalized spacial score (nSPS) is 21.9. The lowest BCUT2D eigenvalue weighted by Gasteiger charge is -2.63. The van der Waals surface area contributed by atoms with Crippen LogP contribution < -0.4 is 16.4 Å². The van der Waals surface area contributed by atoms with Crippen LogP contribution in [0.1, 0.15) is 83.0 Å². The molecular formula is C58H55BO. The van der Waals surface area contributed by atoms with E-state index >= 15 is 0 Å². The lowest BCUT2D eigenvalue weighted by atomic mass is 9.34. The Kier molecular flexibility index (Phi) is 8.72. The minimum absolute atomic E-state index is 0.170. The third kappa shape index (κ3) is 6.12. The first-order valence-corrected chi connectivity index (χ1v) is 22.4. The fraction of sp³-hybridized carbons (Fsp3) is 0.276. The average Bonchev–Trinajstić information content (AvgIpc) is 3.60. The van der Waals surface area contributed by atoms with Crippen LogP contribution in [0.25, 0.3) is 44.2 Å². The first-order chi connectivity index (χ1) is 29.0. The molecule has 7 aromatic carbocycles. The summed E-state index contributed by atoms with van der Waals surface area (Å²) in [6.45, 7) is 13.8. The van der Waals surface area contributed by atoms with Crippen LogP contribution in [0.4, 0.5) is 0 Å². The van der Waals surface area contributed by atoms with E-state index in [0.29, 0.717) is 0 Å². The molecule has 1 nitrogen and oxygen atoms in total. The van der Waals surface area contributed by atoms with Crippen LogP contribution in [0.15, 0.2) is 144 Å². The largest absolute Gasteiger partial charge is 0.456 e. The Morgan fingerprint density at radius 3 is 1.48 bits per heavy atom. The molecule has 1 heterocycles. The van der Waals surface area contributed by atoms with E-state index in [9.17, 15) is 0 Å². The first kappa shape index (κ1) is 37.4. The molecule has 8 aromatic rings. The van der Waals surface area contributed by atoms with Gasteiger partial charge in [0.2, 0.25) is 6.71 Å². The second-order valence-corrected chi connectivity index (χ2v) is 19.7. The van der Waals surface area contributed by atoms with E-state index < -0.39 is 0 Å². The van der Waals surface area contributed by atoms with Crippen LogP contribution in [0.2, 0.25) is 0 Å². The van der Waals surface area contributed by atoms with Crippen LogP contribution in [0.5, 0.6) is 0 Å². The van der Waals surface area contributed by atoms with Crippen LogP contribution >= 0.6 is 0 Å². The van der Waals surface area contributed by atoms with Crippen LogP contribution in [-0.2, 0) is 10.8 Å². The van der Waals surface area contributed by atoms with Gasteiger partial charge in [0.05, 0.1) is 0 Å². The number of aryl methyl sites for hydroxylation is 6. The molecule has 1 aromatic heterocycles. The van der Waals surface area contributed by atoms with Crippen LogP contribution in [0.3, 0.4) is 0 Å². The van der Waals surface area contributed by atoms with E-state index in [2.05, 4.69) is 175 Å². The molecular weight excluding hydrogens is 723 g/mol. The van der Waals surface area contributed by atoms with E-state index in [0.717, 1.165) is 23.0 Å². The summed E-state index contributed by atoms with van der Waals surface area (Å²) < 4.78 is 6.14. The average molecular weight is 779 g/mol. The summed E-state index contributed by atoms with van der Waals surface area (Å²) in [5.41, 5.74) is 23.1. The second kappa shape index (κ2) is 14.0. The van der Waals surface area contributed by atoms with Crippen molar-refractivity contribution in [2.45, 2.75) is 90.9 Å². The highest BCUT2D eigenvalue weighted by molar-refractivity contribution is 6.96. The summed E-state index contributed by atoms with van der Waals surface area (Å²) in [6, 6.07) is 53.6. The highest BCUT2D eigenvalue weighted by Crippen LogP contribution is 2.66. The van der Waals surface area contributed by atoms with E-state index in [-0.39, 0.29) is 17.5 Å². The van der Waals surface area contributed by atoms with E-state index in [1.54, 1.807) is 11.1 Å². The molecule has 0 spiro atoms. The Labute approximate surface area is 357 Å². The molecule has 0 aliphatic heterocycles. The third-order valence-corrected chi connectivity index (χ3v) is 15.4.